The lowest BCUT2D eigenvalue weighted by atomic mass is 9.86. The van der Waals surface area contributed by atoms with Gasteiger partial charge in [-0.1, -0.05) is 19.1 Å². The Hall–Kier alpha value is -1.73. The Morgan fingerprint density at radius 3 is 2.35 bits per heavy atom. The van der Waals surface area contributed by atoms with Gasteiger partial charge in [0.1, 0.15) is 11.8 Å². The summed E-state index contributed by atoms with van der Waals surface area (Å²) in [5.74, 6) is -6.02. The zero-order valence-corrected chi connectivity index (χ0v) is 15.6. The van der Waals surface area contributed by atoms with E-state index in [0.717, 1.165) is 19.3 Å². The van der Waals surface area contributed by atoms with Crippen LogP contribution in [0.2, 0.25) is 0 Å². The number of rotatable bonds is 12. The van der Waals surface area contributed by atoms with Crippen LogP contribution in [0.1, 0.15) is 58.8 Å². The number of carbonyl (C=O) groups is 3. The standard InChI is InChI=1S/C19H30O7/c1-3-5-8-14(18(21)22)17(20)15(19(23)24)11-10-13(4-2)26-16-9-6-7-12-25-16/h3,5,13-16H,4,6-12H2,1-2H3,(H,21,22)(H,23,24)/b5-3+/t13-,14?,15?,16?/m1/s1. The van der Waals surface area contributed by atoms with Gasteiger partial charge in [-0.15, -0.1) is 0 Å². The third-order valence-corrected chi connectivity index (χ3v) is 4.61. The maximum atomic E-state index is 12.5. The van der Waals surface area contributed by atoms with Gasteiger partial charge in [0, 0.05) is 6.61 Å². The zero-order valence-electron chi connectivity index (χ0n) is 15.6. The van der Waals surface area contributed by atoms with Crippen molar-refractivity contribution in [2.75, 3.05) is 6.61 Å². The number of ether oxygens (including phenoxy) is 2. The van der Waals surface area contributed by atoms with E-state index in [4.69, 9.17) is 9.47 Å². The molecule has 0 bridgehead atoms. The summed E-state index contributed by atoms with van der Waals surface area (Å²) in [5, 5.41) is 18.7. The number of allylic oxidation sites excluding steroid dienone is 2. The Morgan fingerprint density at radius 1 is 1.15 bits per heavy atom. The smallest absolute Gasteiger partial charge is 0.314 e. The Balaban J connectivity index is 2.68. The first-order chi connectivity index (χ1) is 12.4. The van der Waals surface area contributed by atoms with Gasteiger partial charge in [-0.2, -0.15) is 0 Å². The predicted octanol–water partition coefficient (Wildman–Crippen LogP) is 3.03. The highest BCUT2D eigenvalue weighted by molar-refractivity contribution is 6.07. The fourth-order valence-electron chi connectivity index (χ4n) is 3.00. The molecule has 1 aliphatic heterocycles. The number of Topliss-reactive ketones (excluding diaryl/α,β-unsaturated/α-hetero) is 1. The molecule has 26 heavy (non-hydrogen) atoms. The lowest BCUT2D eigenvalue weighted by Gasteiger charge is -2.28. The van der Waals surface area contributed by atoms with Crippen LogP contribution in [-0.4, -0.2) is 46.9 Å². The highest BCUT2D eigenvalue weighted by Crippen LogP contribution is 2.23. The number of carboxylic acid groups (broad SMARTS) is 2. The molecule has 1 saturated heterocycles. The molecule has 0 aromatic carbocycles. The number of aliphatic carboxylic acids is 2. The van der Waals surface area contributed by atoms with E-state index in [0.29, 0.717) is 19.4 Å². The summed E-state index contributed by atoms with van der Waals surface area (Å²) in [6.45, 7) is 4.30. The summed E-state index contributed by atoms with van der Waals surface area (Å²) < 4.78 is 11.4. The Kier molecular flexibility index (Phi) is 10.1. The molecule has 0 aromatic rings. The first-order valence-electron chi connectivity index (χ1n) is 9.28. The van der Waals surface area contributed by atoms with E-state index in [2.05, 4.69) is 0 Å². The minimum absolute atomic E-state index is 0.00192. The van der Waals surface area contributed by atoms with E-state index in [1.807, 2.05) is 6.92 Å². The van der Waals surface area contributed by atoms with Gasteiger partial charge >= 0.3 is 11.9 Å². The minimum Gasteiger partial charge on any atom is -0.481 e. The third kappa shape index (κ3) is 7.25. The second-order valence-corrected chi connectivity index (χ2v) is 6.53. The van der Waals surface area contributed by atoms with E-state index in [-0.39, 0.29) is 25.2 Å². The van der Waals surface area contributed by atoms with Gasteiger partial charge < -0.3 is 19.7 Å². The summed E-state index contributed by atoms with van der Waals surface area (Å²) in [5.41, 5.74) is 0. The zero-order chi connectivity index (χ0) is 19.5. The van der Waals surface area contributed by atoms with Gasteiger partial charge in [-0.25, -0.2) is 0 Å². The van der Waals surface area contributed by atoms with Crippen LogP contribution in [0.4, 0.5) is 0 Å². The lowest BCUT2D eigenvalue weighted by molar-refractivity contribution is -0.190. The second kappa shape index (κ2) is 11.8. The van der Waals surface area contributed by atoms with Gasteiger partial charge in [-0.3, -0.25) is 14.4 Å². The third-order valence-electron chi connectivity index (χ3n) is 4.61. The maximum Gasteiger partial charge on any atom is 0.314 e. The SMILES string of the molecule is C/C=C/CC(C(=O)O)C(=O)C(CC[C@@H](CC)OC1CCCCO1)C(=O)O. The van der Waals surface area contributed by atoms with Crippen LogP contribution in [0.25, 0.3) is 0 Å². The van der Waals surface area contributed by atoms with E-state index in [1.54, 1.807) is 19.1 Å². The average molecular weight is 370 g/mol. The first kappa shape index (κ1) is 22.3. The summed E-state index contributed by atoms with van der Waals surface area (Å²) in [6, 6.07) is 0. The predicted molar refractivity (Wildman–Crippen MR) is 94.7 cm³/mol. The fourth-order valence-corrected chi connectivity index (χ4v) is 3.00. The van der Waals surface area contributed by atoms with Crippen molar-refractivity contribution in [3.63, 3.8) is 0 Å². The largest absolute Gasteiger partial charge is 0.481 e. The fraction of sp³-hybridized carbons (Fsp3) is 0.737. The van der Waals surface area contributed by atoms with Crippen molar-refractivity contribution in [3.8, 4) is 0 Å². The molecule has 1 heterocycles. The van der Waals surface area contributed by atoms with E-state index < -0.39 is 29.6 Å². The molecule has 0 saturated carbocycles. The van der Waals surface area contributed by atoms with E-state index in [1.165, 1.54) is 0 Å². The molecule has 2 N–H and O–H groups in total. The molecule has 1 rings (SSSR count). The molecular weight excluding hydrogens is 340 g/mol. The van der Waals surface area contributed by atoms with Crippen molar-refractivity contribution in [1.29, 1.82) is 0 Å². The van der Waals surface area contributed by atoms with Crippen LogP contribution < -0.4 is 0 Å². The normalized spacial score (nSPS) is 21.2. The molecule has 0 aromatic heterocycles. The van der Waals surface area contributed by atoms with Crippen LogP contribution in [0.3, 0.4) is 0 Å². The topological polar surface area (TPSA) is 110 Å². The van der Waals surface area contributed by atoms with Crippen molar-refractivity contribution >= 4 is 17.7 Å². The summed E-state index contributed by atoms with van der Waals surface area (Å²) in [7, 11) is 0. The molecule has 7 heteroatoms. The lowest BCUT2D eigenvalue weighted by Crippen LogP contribution is -2.35. The molecule has 0 amide bonds. The van der Waals surface area contributed by atoms with Crippen LogP contribution in [0.5, 0.6) is 0 Å². The van der Waals surface area contributed by atoms with Crippen molar-refractivity contribution < 1.29 is 34.1 Å². The van der Waals surface area contributed by atoms with Crippen molar-refractivity contribution in [1.82, 2.24) is 0 Å². The van der Waals surface area contributed by atoms with Gasteiger partial charge in [0.2, 0.25) is 0 Å². The minimum atomic E-state index is -1.34. The van der Waals surface area contributed by atoms with Crippen LogP contribution in [-0.2, 0) is 23.9 Å². The average Bonchev–Trinajstić information content (AvgIpc) is 2.61. The van der Waals surface area contributed by atoms with Crippen molar-refractivity contribution in [3.05, 3.63) is 12.2 Å². The molecule has 1 fully saturated rings. The number of hydrogen-bond donors (Lipinski definition) is 2. The Morgan fingerprint density at radius 2 is 1.85 bits per heavy atom. The molecule has 0 aliphatic carbocycles. The molecule has 148 valence electrons. The first-order valence-corrected chi connectivity index (χ1v) is 9.28. The summed E-state index contributed by atoms with van der Waals surface area (Å²) >= 11 is 0. The monoisotopic (exact) mass is 370 g/mol. The molecule has 4 atom stereocenters. The maximum absolute atomic E-state index is 12.5. The molecule has 7 nitrogen and oxygen atoms in total. The number of carboxylic acids is 2. The quantitative estimate of drug-likeness (QED) is 0.401. The molecule has 0 radical (unpaired) electrons. The van der Waals surface area contributed by atoms with Gasteiger partial charge in [0.05, 0.1) is 6.10 Å². The molecule has 1 aliphatic rings. The second-order valence-electron chi connectivity index (χ2n) is 6.53. The van der Waals surface area contributed by atoms with Crippen molar-refractivity contribution in [2.45, 2.75) is 71.2 Å². The molecule has 3 unspecified atom stereocenters. The van der Waals surface area contributed by atoms with Gasteiger partial charge in [0.15, 0.2) is 12.1 Å². The Labute approximate surface area is 154 Å². The van der Waals surface area contributed by atoms with Crippen molar-refractivity contribution in [2.24, 2.45) is 11.8 Å². The molecular formula is C19H30O7. The summed E-state index contributed by atoms with van der Waals surface area (Å²) in [4.78, 5) is 35.3. The van der Waals surface area contributed by atoms with Gasteiger partial charge in [-0.05, 0) is 51.9 Å². The van der Waals surface area contributed by atoms with E-state index >= 15 is 0 Å². The van der Waals surface area contributed by atoms with Crippen LogP contribution >= 0.6 is 0 Å². The van der Waals surface area contributed by atoms with Crippen LogP contribution in [0.15, 0.2) is 12.2 Å². The van der Waals surface area contributed by atoms with Crippen LogP contribution in [0, 0.1) is 11.8 Å². The summed E-state index contributed by atoms with van der Waals surface area (Å²) in [6.07, 6.45) is 6.64. The number of ketones is 1. The number of hydrogen-bond acceptors (Lipinski definition) is 5. The Bertz CT molecular complexity index is 494. The highest BCUT2D eigenvalue weighted by Gasteiger charge is 2.36. The van der Waals surface area contributed by atoms with E-state index in [9.17, 15) is 24.6 Å². The molecule has 0 spiro atoms. The highest BCUT2D eigenvalue weighted by atomic mass is 16.7. The van der Waals surface area contributed by atoms with Gasteiger partial charge in [0.25, 0.3) is 0 Å². The number of carbonyl (C=O) groups excluding carboxylic acids is 1.